The van der Waals surface area contributed by atoms with Crippen molar-refractivity contribution < 1.29 is 14.3 Å². The molecule has 0 aliphatic carbocycles. The van der Waals surface area contributed by atoms with Crippen LogP contribution in [-0.2, 0) is 5.60 Å². The predicted molar refractivity (Wildman–Crippen MR) is 89.2 cm³/mol. The van der Waals surface area contributed by atoms with Crippen molar-refractivity contribution in [3.8, 4) is 5.82 Å². The fraction of sp³-hybridized carbons (Fsp3) is 0.294. The summed E-state index contributed by atoms with van der Waals surface area (Å²) in [7, 11) is 0. The maximum absolute atomic E-state index is 12.4. The fourth-order valence-electron chi connectivity index (χ4n) is 2.63. The molecule has 0 bridgehead atoms. The van der Waals surface area contributed by atoms with Gasteiger partial charge in [0.1, 0.15) is 29.8 Å². The quantitative estimate of drug-likeness (QED) is 0.728. The van der Waals surface area contributed by atoms with E-state index in [1.807, 2.05) is 6.92 Å². The van der Waals surface area contributed by atoms with E-state index in [1.165, 1.54) is 23.5 Å². The van der Waals surface area contributed by atoms with Crippen LogP contribution in [0.2, 0.25) is 0 Å². The average Bonchev–Trinajstić information content (AvgIpc) is 3.22. The van der Waals surface area contributed by atoms with Crippen LogP contribution in [0, 0.1) is 13.8 Å². The van der Waals surface area contributed by atoms with Gasteiger partial charge in [-0.2, -0.15) is 5.10 Å². The highest BCUT2D eigenvalue weighted by Gasteiger charge is 2.28. The molecule has 8 heteroatoms. The Morgan fingerprint density at radius 3 is 2.84 bits per heavy atom. The Labute approximate surface area is 144 Å². The zero-order valence-corrected chi connectivity index (χ0v) is 14.2. The molecule has 3 rings (SSSR count). The molecule has 130 valence electrons. The third kappa shape index (κ3) is 3.58. The molecule has 1 atom stereocenters. The summed E-state index contributed by atoms with van der Waals surface area (Å²) in [5.41, 5.74) is -0.168. The Kier molecular flexibility index (Phi) is 4.37. The van der Waals surface area contributed by atoms with E-state index in [2.05, 4.69) is 20.4 Å². The standard InChI is InChI=1S/C17H19N5O3/c1-11-6-14(12(2)25-11)17(3,24)8-20-16(23)13-4-5-19-15(7-13)22-10-18-9-21-22/h4-7,9-10,24H,8H2,1-3H3,(H,20,23)/t17-/m0/s1. The summed E-state index contributed by atoms with van der Waals surface area (Å²) in [6.07, 6.45) is 4.41. The van der Waals surface area contributed by atoms with Crippen molar-refractivity contribution in [1.82, 2.24) is 25.1 Å². The minimum absolute atomic E-state index is 0.0482. The SMILES string of the molecule is Cc1cc([C@@](C)(O)CNC(=O)c2ccnc(-n3cncn3)c2)c(C)o1. The van der Waals surface area contributed by atoms with Crippen LogP contribution < -0.4 is 5.32 Å². The molecule has 3 aromatic heterocycles. The molecular formula is C17H19N5O3. The third-order valence-electron chi connectivity index (χ3n) is 3.88. The fourth-order valence-corrected chi connectivity index (χ4v) is 2.63. The highest BCUT2D eigenvalue weighted by atomic mass is 16.3. The number of rotatable bonds is 5. The number of hydrogen-bond acceptors (Lipinski definition) is 6. The van der Waals surface area contributed by atoms with Gasteiger partial charge in [0, 0.05) is 17.3 Å². The minimum atomic E-state index is -1.24. The summed E-state index contributed by atoms with van der Waals surface area (Å²) in [4.78, 5) is 20.4. The van der Waals surface area contributed by atoms with Gasteiger partial charge in [-0.3, -0.25) is 4.79 Å². The van der Waals surface area contributed by atoms with Crippen molar-refractivity contribution in [2.75, 3.05) is 6.54 Å². The van der Waals surface area contributed by atoms with Crippen LogP contribution in [0.25, 0.3) is 5.82 Å². The Morgan fingerprint density at radius 1 is 1.40 bits per heavy atom. The normalized spacial score (nSPS) is 13.4. The number of aromatic nitrogens is 4. The topological polar surface area (TPSA) is 106 Å². The molecule has 0 aromatic carbocycles. The number of nitrogens with zero attached hydrogens (tertiary/aromatic N) is 4. The number of carbonyl (C=O) groups excluding carboxylic acids is 1. The lowest BCUT2D eigenvalue weighted by Gasteiger charge is -2.23. The summed E-state index contributed by atoms with van der Waals surface area (Å²) in [6, 6.07) is 4.97. The number of hydrogen-bond donors (Lipinski definition) is 2. The molecule has 3 heterocycles. The van der Waals surface area contributed by atoms with Crippen molar-refractivity contribution >= 4 is 5.91 Å². The first-order chi connectivity index (χ1) is 11.9. The Bertz CT molecular complexity index is 884. The van der Waals surface area contributed by atoms with Crippen LogP contribution in [0.5, 0.6) is 0 Å². The molecule has 0 saturated heterocycles. The van der Waals surface area contributed by atoms with Crippen LogP contribution in [0.1, 0.15) is 34.4 Å². The van der Waals surface area contributed by atoms with Crippen LogP contribution in [0.15, 0.2) is 41.5 Å². The summed E-state index contributed by atoms with van der Waals surface area (Å²) in [6.45, 7) is 5.28. The number of nitrogens with one attached hydrogen (secondary N) is 1. The molecule has 25 heavy (non-hydrogen) atoms. The first-order valence-electron chi connectivity index (χ1n) is 7.76. The van der Waals surface area contributed by atoms with Crippen molar-refractivity contribution in [2.45, 2.75) is 26.4 Å². The molecule has 0 unspecified atom stereocenters. The van der Waals surface area contributed by atoms with E-state index in [1.54, 1.807) is 32.0 Å². The number of carbonyl (C=O) groups is 1. The van der Waals surface area contributed by atoms with E-state index in [-0.39, 0.29) is 12.5 Å². The zero-order chi connectivity index (χ0) is 18.0. The van der Waals surface area contributed by atoms with E-state index >= 15 is 0 Å². The van der Waals surface area contributed by atoms with Gasteiger partial charge in [0.2, 0.25) is 0 Å². The summed E-state index contributed by atoms with van der Waals surface area (Å²) in [5.74, 6) is 1.51. The first kappa shape index (κ1) is 16.8. The van der Waals surface area contributed by atoms with Crippen molar-refractivity contribution in [2.24, 2.45) is 0 Å². The largest absolute Gasteiger partial charge is 0.466 e. The van der Waals surface area contributed by atoms with Gasteiger partial charge in [0.15, 0.2) is 5.82 Å². The van der Waals surface area contributed by atoms with Gasteiger partial charge in [-0.05, 0) is 39.0 Å². The average molecular weight is 341 g/mol. The number of furan rings is 1. The Morgan fingerprint density at radius 2 is 2.20 bits per heavy atom. The van der Waals surface area contributed by atoms with Crippen LogP contribution in [-0.4, -0.2) is 37.3 Å². The maximum Gasteiger partial charge on any atom is 0.251 e. The highest BCUT2D eigenvalue weighted by Crippen LogP contribution is 2.26. The Balaban J connectivity index is 1.72. The molecule has 3 aromatic rings. The Hall–Kier alpha value is -3.00. The van der Waals surface area contributed by atoms with Gasteiger partial charge < -0.3 is 14.8 Å². The molecule has 0 aliphatic heterocycles. The molecule has 0 fully saturated rings. The highest BCUT2D eigenvalue weighted by molar-refractivity contribution is 5.94. The van der Waals surface area contributed by atoms with Gasteiger partial charge in [0.05, 0.1) is 6.54 Å². The molecule has 8 nitrogen and oxygen atoms in total. The lowest BCUT2D eigenvalue weighted by molar-refractivity contribution is 0.0514. The molecule has 2 N–H and O–H groups in total. The van der Waals surface area contributed by atoms with E-state index in [0.29, 0.717) is 28.5 Å². The zero-order valence-electron chi connectivity index (χ0n) is 14.2. The minimum Gasteiger partial charge on any atom is -0.466 e. The molecule has 0 spiro atoms. The molecule has 1 amide bonds. The lowest BCUT2D eigenvalue weighted by atomic mass is 9.96. The summed E-state index contributed by atoms with van der Waals surface area (Å²) in [5, 5.41) is 17.4. The van der Waals surface area contributed by atoms with Gasteiger partial charge in [-0.15, -0.1) is 0 Å². The van der Waals surface area contributed by atoms with Crippen LogP contribution in [0.4, 0.5) is 0 Å². The second kappa shape index (κ2) is 6.48. The molecular weight excluding hydrogens is 322 g/mol. The second-order valence-corrected chi connectivity index (χ2v) is 6.03. The first-order valence-corrected chi connectivity index (χ1v) is 7.76. The van der Waals surface area contributed by atoms with Gasteiger partial charge >= 0.3 is 0 Å². The number of aliphatic hydroxyl groups is 1. The van der Waals surface area contributed by atoms with Gasteiger partial charge in [-0.1, -0.05) is 0 Å². The van der Waals surface area contributed by atoms with Crippen molar-refractivity contribution in [1.29, 1.82) is 0 Å². The van der Waals surface area contributed by atoms with E-state index < -0.39 is 5.60 Å². The molecule has 0 aliphatic rings. The number of aryl methyl sites for hydroxylation is 2. The monoisotopic (exact) mass is 341 g/mol. The lowest BCUT2D eigenvalue weighted by Crippen LogP contribution is -2.38. The van der Waals surface area contributed by atoms with Gasteiger partial charge in [-0.25, -0.2) is 14.6 Å². The summed E-state index contributed by atoms with van der Waals surface area (Å²) < 4.78 is 6.92. The number of amides is 1. The second-order valence-electron chi connectivity index (χ2n) is 6.03. The van der Waals surface area contributed by atoms with Crippen LogP contribution in [0.3, 0.4) is 0 Å². The summed E-state index contributed by atoms with van der Waals surface area (Å²) >= 11 is 0. The van der Waals surface area contributed by atoms with E-state index in [0.717, 1.165) is 0 Å². The molecule has 0 radical (unpaired) electrons. The van der Waals surface area contributed by atoms with E-state index in [4.69, 9.17) is 4.42 Å². The smallest absolute Gasteiger partial charge is 0.251 e. The van der Waals surface area contributed by atoms with E-state index in [9.17, 15) is 9.90 Å². The maximum atomic E-state index is 12.4. The number of pyridine rings is 1. The molecule has 0 saturated carbocycles. The third-order valence-corrected chi connectivity index (χ3v) is 3.88. The van der Waals surface area contributed by atoms with Crippen molar-refractivity contribution in [3.05, 3.63) is 59.7 Å². The van der Waals surface area contributed by atoms with Crippen molar-refractivity contribution in [3.63, 3.8) is 0 Å². The van der Waals surface area contributed by atoms with Crippen LogP contribution >= 0.6 is 0 Å². The van der Waals surface area contributed by atoms with Gasteiger partial charge in [0.25, 0.3) is 5.91 Å². The predicted octanol–water partition coefficient (Wildman–Crippen LogP) is 1.51.